The van der Waals surface area contributed by atoms with Crippen LogP contribution in [0.5, 0.6) is 0 Å². The highest BCUT2D eigenvalue weighted by atomic mass is 32.2. The Morgan fingerprint density at radius 3 is 2.30 bits per heavy atom. The van der Waals surface area contributed by atoms with E-state index in [-0.39, 0.29) is 11.8 Å². The number of piperazine rings is 1. The van der Waals surface area contributed by atoms with Gasteiger partial charge in [-0.2, -0.15) is 0 Å². The van der Waals surface area contributed by atoms with Crippen molar-refractivity contribution in [1.29, 1.82) is 0 Å². The molecule has 0 amide bonds. The van der Waals surface area contributed by atoms with Gasteiger partial charge in [0.15, 0.2) is 15.8 Å². The Kier molecular flexibility index (Phi) is 8.10. The molecule has 1 aliphatic heterocycles. The lowest BCUT2D eigenvalue weighted by molar-refractivity contribution is 0.163. The summed E-state index contributed by atoms with van der Waals surface area (Å²) in [7, 11) is -1.56. The van der Waals surface area contributed by atoms with Crippen molar-refractivity contribution in [2.75, 3.05) is 45.5 Å². The zero-order valence-corrected chi connectivity index (χ0v) is 17.9. The molecule has 2 rings (SSSR count). The fourth-order valence-electron chi connectivity index (χ4n) is 3.39. The van der Waals surface area contributed by atoms with E-state index in [1.54, 1.807) is 31.3 Å². The molecule has 0 spiro atoms. The van der Waals surface area contributed by atoms with Gasteiger partial charge < -0.3 is 10.2 Å². The predicted octanol–water partition coefficient (Wildman–Crippen LogP) is 2.09. The second-order valence-electron chi connectivity index (χ2n) is 7.57. The lowest BCUT2D eigenvalue weighted by Crippen LogP contribution is -2.55. The molecule has 6 nitrogen and oxygen atoms in total. The van der Waals surface area contributed by atoms with Gasteiger partial charge >= 0.3 is 0 Å². The van der Waals surface area contributed by atoms with Crippen LogP contribution in [0, 0.1) is 5.92 Å². The van der Waals surface area contributed by atoms with Crippen molar-refractivity contribution in [2.45, 2.75) is 38.1 Å². The maximum absolute atomic E-state index is 12.7. The molecule has 7 heteroatoms. The molecule has 0 aromatic heterocycles. The molecule has 0 aliphatic carbocycles. The van der Waals surface area contributed by atoms with E-state index < -0.39 is 9.84 Å². The Balaban J connectivity index is 1.96. The van der Waals surface area contributed by atoms with E-state index in [0.29, 0.717) is 10.8 Å². The smallest absolute Gasteiger partial charge is 0.193 e. The van der Waals surface area contributed by atoms with Gasteiger partial charge in [-0.25, -0.2) is 8.42 Å². The van der Waals surface area contributed by atoms with Gasteiger partial charge in [0.25, 0.3) is 0 Å². The van der Waals surface area contributed by atoms with E-state index in [4.69, 9.17) is 0 Å². The minimum Gasteiger partial charge on any atom is -0.352 e. The maximum Gasteiger partial charge on any atom is 0.193 e. The average Bonchev–Trinajstić information content (AvgIpc) is 2.66. The van der Waals surface area contributed by atoms with Gasteiger partial charge in [-0.05, 0) is 24.5 Å². The zero-order valence-electron chi connectivity index (χ0n) is 17.1. The summed E-state index contributed by atoms with van der Waals surface area (Å²) in [6.07, 6.45) is 0.721. The van der Waals surface area contributed by atoms with E-state index in [1.807, 2.05) is 13.0 Å². The summed E-state index contributed by atoms with van der Waals surface area (Å²) >= 11 is 0. The molecule has 1 aliphatic rings. The van der Waals surface area contributed by atoms with Gasteiger partial charge in [-0.15, -0.1) is 0 Å². The number of nitrogens with one attached hydrogen (secondary N) is 1. The first-order valence-corrected chi connectivity index (χ1v) is 11.5. The molecule has 0 radical (unpaired) electrons. The lowest BCUT2D eigenvalue weighted by atomic mass is 10.2. The van der Waals surface area contributed by atoms with E-state index >= 15 is 0 Å². The number of benzene rings is 1. The van der Waals surface area contributed by atoms with Crippen molar-refractivity contribution in [3.8, 4) is 0 Å². The quantitative estimate of drug-likeness (QED) is 0.567. The Bertz CT molecular complexity index is 696. The highest BCUT2D eigenvalue weighted by molar-refractivity contribution is 7.91. The van der Waals surface area contributed by atoms with Crippen molar-refractivity contribution >= 4 is 15.8 Å². The maximum atomic E-state index is 12.7. The highest BCUT2D eigenvalue weighted by Gasteiger charge is 2.24. The molecule has 1 N–H and O–H groups in total. The van der Waals surface area contributed by atoms with Crippen molar-refractivity contribution < 1.29 is 8.42 Å². The molecule has 1 heterocycles. The molecular weight excluding hydrogens is 360 g/mol. The Labute approximate surface area is 164 Å². The number of hydrogen-bond donors (Lipinski definition) is 1. The number of hydrogen-bond acceptors (Lipinski definition) is 4. The molecule has 1 aromatic carbocycles. The van der Waals surface area contributed by atoms with Crippen LogP contribution in [-0.2, 0) is 9.84 Å². The third kappa shape index (κ3) is 6.50. The molecule has 1 unspecified atom stereocenters. The minimum absolute atomic E-state index is 0.0693. The second-order valence-corrected chi connectivity index (χ2v) is 9.61. The van der Waals surface area contributed by atoms with Gasteiger partial charge in [0.2, 0.25) is 0 Å². The van der Waals surface area contributed by atoms with Gasteiger partial charge in [-0.1, -0.05) is 39.0 Å². The fourth-order valence-corrected chi connectivity index (χ4v) is 5.00. The molecule has 1 saturated heterocycles. The summed E-state index contributed by atoms with van der Waals surface area (Å²) < 4.78 is 25.4. The monoisotopic (exact) mass is 394 g/mol. The fraction of sp³-hybridized carbons (Fsp3) is 0.650. The molecule has 27 heavy (non-hydrogen) atoms. The SMILES string of the molecule is CCC(CS(=O)(=O)c1ccccc1)NC(=NC)N1CCN(CC(C)C)CC1. The second kappa shape index (κ2) is 10.1. The van der Waals surface area contributed by atoms with Crippen molar-refractivity contribution in [1.82, 2.24) is 15.1 Å². The minimum atomic E-state index is -3.32. The van der Waals surface area contributed by atoms with Crippen LogP contribution >= 0.6 is 0 Å². The first-order valence-electron chi connectivity index (χ1n) is 9.84. The van der Waals surface area contributed by atoms with Crippen LogP contribution < -0.4 is 5.32 Å². The van der Waals surface area contributed by atoms with Crippen molar-refractivity contribution in [3.63, 3.8) is 0 Å². The number of guanidine groups is 1. The number of rotatable bonds is 7. The number of sulfone groups is 1. The summed E-state index contributed by atoms with van der Waals surface area (Å²) in [6, 6.07) is 8.50. The molecule has 0 saturated carbocycles. The molecule has 1 atom stereocenters. The summed E-state index contributed by atoms with van der Waals surface area (Å²) in [5.41, 5.74) is 0. The third-order valence-electron chi connectivity index (χ3n) is 4.86. The van der Waals surface area contributed by atoms with Crippen LogP contribution in [0.1, 0.15) is 27.2 Å². The predicted molar refractivity (Wildman–Crippen MR) is 112 cm³/mol. The first kappa shape index (κ1) is 21.7. The van der Waals surface area contributed by atoms with E-state index in [0.717, 1.165) is 45.1 Å². The van der Waals surface area contributed by atoms with E-state index in [1.165, 1.54) is 0 Å². The van der Waals surface area contributed by atoms with Crippen LogP contribution in [0.3, 0.4) is 0 Å². The third-order valence-corrected chi connectivity index (χ3v) is 6.69. The average molecular weight is 395 g/mol. The van der Waals surface area contributed by atoms with Gasteiger partial charge in [-0.3, -0.25) is 9.89 Å². The van der Waals surface area contributed by atoms with E-state index in [2.05, 4.69) is 34.0 Å². The lowest BCUT2D eigenvalue weighted by Gasteiger charge is -2.38. The van der Waals surface area contributed by atoms with Gasteiger partial charge in [0.05, 0.1) is 10.6 Å². The normalized spacial score (nSPS) is 18.0. The summed E-state index contributed by atoms with van der Waals surface area (Å²) in [5, 5.41) is 3.38. The van der Waals surface area contributed by atoms with Gasteiger partial charge in [0.1, 0.15) is 0 Å². The number of nitrogens with zero attached hydrogens (tertiary/aromatic N) is 3. The first-order chi connectivity index (χ1) is 12.9. The van der Waals surface area contributed by atoms with E-state index in [9.17, 15) is 8.42 Å². The van der Waals surface area contributed by atoms with Crippen molar-refractivity contribution in [2.24, 2.45) is 10.9 Å². The van der Waals surface area contributed by atoms with Crippen LogP contribution in [0.15, 0.2) is 40.2 Å². The number of aliphatic imine (C=N–C) groups is 1. The summed E-state index contributed by atoms with van der Waals surface area (Å²) in [5.74, 6) is 1.54. The Morgan fingerprint density at radius 1 is 1.15 bits per heavy atom. The molecule has 1 aromatic rings. The van der Waals surface area contributed by atoms with Crippen LogP contribution in [0.25, 0.3) is 0 Å². The van der Waals surface area contributed by atoms with Crippen LogP contribution in [-0.4, -0.2) is 75.7 Å². The standard InChI is InChI=1S/C20H34N4O2S/c1-5-18(16-27(25,26)19-9-7-6-8-10-19)22-20(21-4)24-13-11-23(12-14-24)15-17(2)3/h6-10,17-18H,5,11-16H2,1-4H3,(H,21,22). The Hall–Kier alpha value is -1.60. The molecule has 152 valence electrons. The largest absolute Gasteiger partial charge is 0.352 e. The summed E-state index contributed by atoms with van der Waals surface area (Å²) in [4.78, 5) is 9.49. The summed E-state index contributed by atoms with van der Waals surface area (Å²) in [6.45, 7) is 11.5. The zero-order chi connectivity index (χ0) is 19.9. The molecule has 1 fully saturated rings. The van der Waals surface area contributed by atoms with Crippen LogP contribution in [0.2, 0.25) is 0 Å². The highest BCUT2D eigenvalue weighted by Crippen LogP contribution is 2.13. The van der Waals surface area contributed by atoms with Crippen molar-refractivity contribution in [3.05, 3.63) is 30.3 Å². The van der Waals surface area contributed by atoms with Crippen LogP contribution in [0.4, 0.5) is 0 Å². The molecular formula is C20H34N4O2S. The van der Waals surface area contributed by atoms with Gasteiger partial charge in [0, 0.05) is 45.8 Å². The Morgan fingerprint density at radius 2 is 1.78 bits per heavy atom. The molecule has 0 bridgehead atoms. The topological polar surface area (TPSA) is 65.0 Å².